The summed E-state index contributed by atoms with van der Waals surface area (Å²) in [4.78, 5) is 11.5. The molecule has 0 fully saturated rings. The van der Waals surface area contributed by atoms with Crippen molar-refractivity contribution in [3.8, 4) is 0 Å². The van der Waals surface area contributed by atoms with Crippen molar-refractivity contribution >= 4 is 12.0 Å². The molecule has 0 saturated carbocycles. The van der Waals surface area contributed by atoms with Crippen LogP contribution >= 0.6 is 0 Å². The van der Waals surface area contributed by atoms with Crippen molar-refractivity contribution in [2.75, 3.05) is 0 Å². The summed E-state index contributed by atoms with van der Waals surface area (Å²) in [6, 6.07) is 3.59. The summed E-state index contributed by atoms with van der Waals surface area (Å²) < 4.78 is 5.30. The molecule has 94 valence electrons. The standard InChI is InChI=1S/C13H19NO3/c1-9(8-10(2)15)14-13(16)7-6-12-5-4-11(3)17-12/h4-7,9-10,15H,8H2,1-3H3,(H,14,16)/b7-6+. The van der Waals surface area contributed by atoms with E-state index >= 15 is 0 Å². The Balaban J connectivity index is 2.41. The van der Waals surface area contributed by atoms with Crippen molar-refractivity contribution in [2.24, 2.45) is 0 Å². The van der Waals surface area contributed by atoms with Gasteiger partial charge in [-0.3, -0.25) is 4.79 Å². The van der Waals surface area contributed by atoms with Crippen LogP contribution in [-0.2, 0) is 4.79 Å². The maximum Gasteiger partial charge on any atom is 0.244 e. The first-order valence-electron chi connectivity index (χ1n) is 5.70. The van der Waals surface area contributed by atoms with Crippen molar-refractivity contribution in [3.63, 3.8) is 0 Å². The van der Waals surface area contributed by atoms with E-state index < -0.39 is 6.10 Å². The van der Waals surface area contributed by atoms with Gasteiger partial charge in [0.05, 0.1) is 6.10 Å². The number of rotatable bonds is 5. The Hall–Kier alpha value is -1.55. The maximum absolute atomic E-state index is 11.5. The van der Waals surface area contributed by atoms with Gasteiger partial charge in [0.15, 0.2) is 0 Å². The molecule has 2 N–H and O–H groups in total. The number of aryl methyl sites for hydroxylation is 1. The Morgan fingerprint density at radius 1 is 1.53 bits per heavy atom. The summed E-state index contributed by atoms with van der Waals surface area (Å²) in [5.74, 6) is 1.28. The predicted molar refractivity (Wildman–Crippen MR) is 66.4 cm³/mol. The van der Waals surface area contributed by atoms with E-state index in [4.69, 9.17) is 9.52 Å². The SMILES string of the molecule is Cc1ccc(/C=C/C(=O)NC(C)CC(C)O)o1. The minimum Gasteiger partial charge on any atom is -0.462 e. The average molecular weight is 237 g/mol. The molecule has 17 heavy (non-hydrogen) atoms. The minimum absolute atomic E-state index is 0.0505. The Labute approximate surface area is 101 Å². The first-order valence-corrected chi connectivity index (χ1v) is 5.70. The molecular formula is C13H19NO3. The van der Waals surface area contributed by atoms with Gasteiger partial charge in [-0.1, -0.05) is 0 Å². The van der Waals surface area contributed by atoms with E-state index in [-0.39, 0.29) is 11.9 Å². The Morgan fingerprint density at radius 3 is 2.76 bits per heavy atom. The van der Waals surface area contributed by atoms with Crippen molar-refractivity contribution in [1.29, 1.82) is 0 Å². The quantitative estimate of drug-likeness (QED) is 0.768. The molecule has 2 unspecified atom stereocenters. The van der Waals surface area contributed by atoms with Gasteiger partial charge in [-0.15, -0.1) is 0 Å². The Morgan fingerprint density at radius 2 is 2.24 bits per heavy atom. The smallest absolute Gasteiger partial charge is 0.244 e. The van der Waals surface area contributed by atoms with Crippen LogP contribution in [0.4, 0.5) is 0 Å². The number of carbonyl (C=O) groups excluding carboxylic acids is 1. The molecule has 1 rings (SSSR count). The predicted octanol–water partition coefficient (Wildman–Crippen LogP) is 1.88. The Kier molecular flexibility index (Phi) is 4.97. The van der Waals surface area contributed by atoms with Crippen LogP contribution < -0.4 is 5.32 Å². The van der Waals surface area contributed by atoms with Gasteiger partial charge < -0.3 is 14.8 Å². The number of furan rings is 1. The fourth-order valence-electron chi connectivity index (χ4n) is 1.56. The van der Waals surface area contributed by atoms with Crippen LogP contribution in [0, 0.1) is 6.92 Å². The van der Waals surface area contributed by atoms with E-state index in [1.165, 1.54) is 6.08 Å². The lowest BCUT2D eigenvalue weighted by Crippen LogP contribution is -2.33. The van der Waals surface area contributed by atoms with Gasteiger partial charge in [0.2, 0.25) is 5.91 Å². The van der Waals surface area contributed by atoms with E-state index in [0.717, 1.165) is 5.76 Å². The highest BCUT2D eigenvalue weighted by Crippen LogP contribution is 2.07. The van der Waals surface area contributed by atoms with Crippen molar-refractivity contribution < 1.29 is 14.3 Å². The maximum atomic E-state index is 11.5. The lowest BCUT2D eigenvalue weighted by Gasteiger charge is -2.13. The van der Waals surface area contributed by atoms with Crippen molar-refractivity contribution in [2.45, 2.75) is 39.3 Å². The zero-order chi connectivity index (χ0) is 12.8. The van der Waals surface area contributed by atoms with Crippen LogP contribution in [0.15, 0.2) is 22.6 Å². The van der Waals surface area contributed by atoms with Gasteiger partial charge in [-0.2, -0.15) is 0 Å². The lowest BCUT2D eigenvalue weighted by molar-refractivity contribution is -0.117. The van der Waals surface area contributed by atoms with Gasteiger partial charge >= 0.3 is 0 Å². The third kappa shape index (κ3) is 5.36. The van der Waals surface area contributed by atoms with Gasteiger partial charge in [0.25, 0.3) is 0 Å². The van der Waals surface area contributed by atoms with Crippen LogP contribution in [0.5, 0.6) is 0 Å². The first-order chi connectivity index (χ1) is 7.97. The molecule has 1 aromatic heterocycles. The van der Waals surface area contributed by atoms with E-state index in [1.807, 2.05) is 19.9 Å². The second kappa shape index (κ2) is 6.25. The topological polar surface area (TPSA) is 62.5 Å². The van der Waals surface area contributed by atoms with Gasteiger partial charge in [-0.25, -0.2) is 0 Å². The molecule has 0 radical (unpaired) electrons. The summed E-state index contributed by atoms with van der Waals surface area (Å²) in [7, 11) is 0. The molecule has 1 aromatic rings. The monoisotopic (exact) mass is 237 g/mol. The van der Waals surface area contributed by atoms with Crippen LogP contribution in [0.25, 0.3) is 6.08 Å². The molecule has 0 bridgehead atoms. The molecular weight excluding hydrogens is 218 g/mol. The fourth-order valence-corrected chi connectivity index (χ4v) is 1.56. The third-order valence-electron chi connectivity index (χ3n) is 2.24. The number of nitrogens with one attached hydrogen (secondary N) is 1. The average Bonchev–Trinajstić information content (AvgIpc) is 2.59. The van der Waals surface area contributed by atoms with E-state index in [2.05, 4.69) is 5.32 Å². The number of amides is 1. The van der Waals surface area contributed by atoms with Gasteiger partial charge in [0.1, 0.15) is 11.5 Å². The second-order valence-electron chi connectivity index (χ2n) is 4.28. The molecule has 4 heteroatoms. The summed E-state index contributed by atoms with van der Waals surface area (Å²) in [6.07, 6.45) is 3.18. The highest BCUT2D eigenvalue weighted by atomic mass is 16.3. The highest BCUT2D eigenvalue weighted by molar-refractivity contribution is 5.91. The van der Waals surface area contributed by atoms with Crippen molar-refractivity contribution in [1.82, 2.24) is 5.32 Å². The first kappa shape index (κ1) is 13.5. The lowest BCUT2D eigenvalue weighted by atomic mass is 10.1. The van der Waals surface area contributed by atoms with Crippen LogP contribution in [-0.4, -0.2) is 23.2 Å². The highest BCUT2D eigenvalue weighted by Gasteiger charge is 2.07. The molecule has 2 atom stereocenters. The van der Waals surface area contributed by atoms with E-state index in [9.17, 15) is 4.79 Å². The Bertz CT molecular complexity index is 393. The number of carbonyl (C=O) groups is 1. The number of hydrogen-bond acceptors (Lipinski definition) is 3. The van der Waals surface area contributed by atoms with Crippen LogP contribution in [0.1, 0.15) is 31.8 Å². The zero-order valence-electron chi connectivity index (χ0n) is 10.4. The van der Waals surface area contributed by atoms with Crippen LogP contribution in [0.3, 0.4) is 0 Å². The molecule has 0 aliphatic rings. The normalized spacial score (nSPS) is 14.8. The molecule has 4 nitrogen and oxygen atoms in total. The largest absolute Gasteiger partial charge is 0.462 e. The molecule has 0 aliphatic heterocycles. The van der Waals surface area contributed by atoms with Crippen molar-refractivity contribution in [3.05, 3.63) is 29.7 Å². The van der Waals surface area contributed by atoms with E-state index in [0.29, 0.717) is 12.2 Å². The summed E-state index contributed by atoms with van der Waals surface area (Å²) in [5, 5.41) is 11.9. The number of hydrogen-bond donors (Lipinski definition) is 2. The second-order valence-corrected chi connectivity index (χ2v) is 4.28. The third-order valence-corrected chi connectivity index (χ3v) is 2.24. The zero-order valence-corrected chi connectivity index (χ0v) is 10.4. The van der Waals surface area contributed by atoms with Gasteiger partial charge in [0, 0.05) is 12.1 Å². The van der Waals surface area contributed by atoms with Gasteiger partial charge in [-0.05, 0) is 45.4 Å². The molecule has 0 aliphatic carbocycles. The number of aliphatic hydroxyl groups excluding tert-OH is 1. The molecule has 0 saturated heterocycles. The molecule has 1 amide bonds. The minimum atomic E-state index is -0.415. The van der Waals surface area contributed by atoms with E-state index in [1.54, 1.807) is 19.1 Å². The number of aliphatic hydroxyl groups is 1. The summed E-state index contributed by atoms with van der Waals surface area (Å²) in [6.45, 7) is 5.40. The molecule has 0 spiro atoms. The molecule has 1 heterocycles. The molecule has 0 aromatic carbocycles. The summed E-state index contributed by atoms with van der Waals surface area (Å²) in [5.41, 5.74) is 0. The van der Waals surface area contributed by atoms with Crippen LogP contribution in [0.2, 0.25) is 0 Å². The summed E-state index contributed by atoms with van der Waals surface area (Å²) >= 11 is 0. The fraction of sp³-hybridized carbons (Fsp3) is 0.462.